The Morgan fingerprint density at radius 3 is 1.65 bits per heavy atom. The molecular formula is C54H32O. The predicted molar refractivity (Wildman–Crippen MR) is 234 cm³/mol. The third-order valence-electron chi connectivity index (χ3n) is 11.5. The van der Waals surface area contributed by atoms with E-state index in [-0.39, 0.29) is 29.7 Å². The molecule has 0 bridgehead atoms. The van der Waals surface area contributed by atoms with Crippen molar-refractivity contribution in [1.29, 1.82) is 0 Å². The maximum absolute atomic E-state index is 9.13. The number of fused-ring (bicyclic) bond motifs is 5. The van der Waals surface area contributed by atoms with Crippen LogP contribution in [0.4, 0.5) is 0 Å². The van der Waals surface area contributed by atoms with Gasteiger partial charge in [-0.25, -0.2) is 0 Å². The Morgan fingerprint density at radius 1 is 0.327 bits per heavy atom. The van der Waals surface area contributed by atoms with Crippen LogP contribution < -0.4 is 0 Å². The summed E-state index contributed by atoms with van der Waals surface area (Å²) >= 11 is 0. The van der Waals surface area contributed by atoms with E-state index >= 15 is 0 Å². The second-order valence-electron chi connectivity index (χ2n) is 14.3. The van der Waals surface area contributed by atoms with Gasteiger partial charge in [-0.1, -0.05) is 176 Å². The first kappa shape index (κ1) is 25.7. The molecule has 0 saturated heterocycles. The van der Waals surface area contributed by atoms with E-state index < -0.39 is 6.04 Å². The quantitative estimate of drug-likeness (QED) is 0.132. The standard InChI is InChI=1S/C54H32O/c1-2-12-33(13-3-1)51-42-17-4-6-19-44(42)54(45-20-7-5-18-43(45)51)53-38(37-28-31-49-47(32-37)40-16-8-9-23-48(40)55-49)21-11-22-41(53)39-29-26-36-25-24-34-14-10-15-35-27-30-46(39)52(36)50(34)35/h1-32H/i1D,2D,3D,12D,13D. The van der Waals surface area contributed by atoms with Gasteiger partial charge < -0.3 is 4.42 Å². The van der Waals surface area contributed by atoms with Crippen molar-refractivity contribution in [3.8, 4) is 44.5 Å². The highest BCUT2D eigenvalue weighted by Gasteiger charge is 2.24. The van der Waals surface area contributed by atoms with Crippen molar-refractivity contribution >= 4 is 75.8 Å². The molecule has 1 nitrogen and oxygen atoms in total. The molecule has 12 aromatic rings. The lowest BCUT2D eigenvalue weighted by molar-refractivity contribution is 0.669. The van der Waals surface area contributed by atoms with Crippen molar-refractivity contribution in [3.63, 3.8) is 0 Å². The molecule has 11 aromatic carbocycles. The predicted octanol–water partition coefficient (Wildman–Crippen LogP) is 15.5. The molecule has 55 heavy (non-hydrogen) atoms. The van der Waals surface area contributed by atoms with Crippen LogP contribution in [0, 0.1) is 0 Å². The summed E-state index contributed by atoms with van der Waals surface area (Å²) in [5.41, 5.74) is 8.76. The Kier molecular flexibility index (Phi) is 5.44. The van der Waals surface area contributed by atoms with Gasteiger partial charge in [0.15, 0.2) is 0 Å². The second-order valence-corrected chi connectivity index (χ2v) is 14.3. The molecular weight excluding hydrogens is 665 g/mol. The fourth-order valence-corrected chi connectivity index (χ4v) is 9.19. The van der Waals surface area contributed by atoms with Gasteiger partial charge in [-0.15, -0.1) is 0 Å². The minimum absolute atomic E-state index is 0.192. The van der Waals surface area contributed by atoms with E-state index in [2.05, 4.69) is 109 Å². The molecule has 0 saturated carbocycles. The first-order chi connectivity index (χ1) is 29.4. The van der Waals surface area contributed by atoms with E-state index in [0.717, 1.165) is 82.3 Å². The Hall–Kier alpha value is -7.22. The highest BCUT2D eigenvalue weighted by molar-refractivity contribution is 6.28. The molecule has 0 spiro atoms. The molecule has 0 N–H and O–H groups in total. The summed E-state index contributed by atoms with van der Waals surface area (Å²) in [6.07, 6.45) is 0. The summed E-state index contributed by atoms with van der Waals surface area (Å²) in [4.78, 5) is 0. The smallest absolute Gasteiger partial charge is 0.135 e. The number of rotatable bonds is 4. The Labute approximate surface area is 324 Å². The molecule has 0 amide bonds. The first-order valence-electron chi connectivity index (χ1n) is 21.1. The van der Waals surface area contributed by atoms with Crippen LogP contribution in [0.15, 0.2) is 198 Å². The summed E-state index contributed by atoms with van der Waals surface area (Å²) in [6, 6.07) is 55.7. The lowest BCUT2D eigenvalue weighted by Crippen LogP contribution is -1.96. The highest BCUT2D eigenvalue weighted by Crippen LogP contribution is 2.51. The summed E-state index contributed by atoms with van der Waals surface area (Å²) in [5, 5.41) is 12.8. The molecule has 1 heterocycles. The first-order valence-corrected chi connectivity index (χ1v) is 18.6. The summed E-state index contributed by atoms with van der Waals surface area (Å²) in [7, 11) is 0. The van der Waals surface area contributed by atoms with Gasteiger partial charge in [-0.05, 0) is 117 Å². The van der Waals surface area contributed by atoms with Gasteiger partial charge in [0.25, 0.3) is 0 Å². The SMILES string of the molecule is [2H]c1c([2H])c([2H])c(-c2c3ccccc3c(-c3c(-c4ccc5oc6ccccc6c5c4)cccc3-c3ccc4ccc5cccc6ccc3c4c56)c3ccccc23)c([2H])c1[2H]. The van der Waals surface area contributed by atoms with E-state index in [4.69, 9.17) is 11.3 Å². The van der Waals surface area contributed by atoms with Crippen molar-refractivity contribution in [2.45, 2.75) is 0 Å². The van der Waals surface area contributed by atoms with Crippen LogP contribution in [0.2, 0.25) is 0 Å². The Bertz CT molecular complexity index is 3690. The summed E-state index contributed by atoms with van der Waals surface area (Å²) in [5.74, 6) is 0. The molecule has 0 fully saturated rings. The third kappa shape index (κ3) is 4.41. The number of para-hydroxylation sites is 1. The van der Waals surface area contributed by atoms with E-state index in [0.29, 0.717) is 5.56 Å². The largest absolute Gasteiger partial charge is 0.456 e. The van der Waals surface area contributed by atoms with Crippen LogP contribution in [0.3, 0.4) is 0 Å². The van der Waals surface area contributed by atoms with Gasteiger partial charge in [0.1, 0.15) is 11.2 Å². The maximum atomic E-state index is 9.13. The molecule has 0 aliphatic rings. The van der Waals surface area contributed by atoms with Crippen LogP contribution in [0.5, 0.6) is 0 Å². The van der Waals surface area contributed by atoms with E-state index in [1.54, 1.807) is 0 Å². The van der Waals surface area contributed by atoms with Gasteiger partial charge in [0.2, 0.25) is 0 Å². The molecule has 1 aromatic heterocycles. The van der Waals surface area contributed by atoms with Crippen molar-refractivity contribution in [1.82, 2.24) is 0 Å². The lowest BCUT2D eigenvalue weighted by atomic mass is 9.80. The van der Waals surface area contributed by atoms with Gasteiger partial charge in [0, 0.05) is 10.8 Å². The van der Waals surface area contributed by atoms with Crippen LogP contribution in [0.25, 0.3) is 120 Å². The zero-order valence-corrected chi connectivity index (χ0v) is 29.5. The molecule has 0 unspecified atom stereocenters. The highest BCUT2D eigenvalue weighted by atomic mass is 16.3. The van der Waals surface area contributed by atoms with Crippen molar-refractivity contribution in [3.05, 3.63) is 194 Å². The topological polar surface area (TPSA) is 13.1 Å². The molecule has 0 aliphatic carbocycles. The number of furan rings is 1. The van der Waals surface area contributed by atoms with Gasteiger partial charge in [-0.3, -0.25) is 0 Å². The second kappa shape index (κ2) is 11.6. The Morgan fingerprint density at radius 2 is 0.909 bits per heavy atom. The average molecular weight is 702 g/mol. The minimum Gasteiger partial charge on any atom is -0.456 e. The van der Waals surface area contributed by atoms with Gasteiger partial charge in [0.05, 0.1) is 6.85 Å². The molecule has 12 rings (SSSR count). The lowest BCUT2D eigenvalue weighted by Gasteiger charge is -2.23. The zero-order valence-electron chi connectivity index (χ0n) is 34.5. The number of hydrogen-bond donors (Lipinski definition) is 0. The molecule has 1 heteroatoms. The zero-order chi connectivity index (χ0) is 40.4. The van der Waals surface area contributed by atoms with Crippen LogP contribution >= 0.6 is 0 Å². The molecule has 0 atom stereocenters. The van der Waals surface area contributed by atoms with E-state index in [9.17, 15) is 0 Å². The Balaban J connectivity index is 1.26. The van der Waals surface area contributed by atoms with Crippen LogP contribution in [0.1, 0.15) is 6.85 Å². The molecule has 0 aliphatic heterocycles. The molecule has 254 valence electrons. The van der Waals surface area contributed by atoms with E-state index in [1.807, 2.05) is 54.6 Å². The van der Waals surface area contributed by atoms with E-state index in [1.165, 1.54) is 26.9 Å². The van der Waals surface area contributed by atoms with Crippen molar-refractivity contribution < 1.29 is 11.3 Å². The van der Waals surface area contributed by atoms with Gasteiger partial charge >= 0.3 is 0 Å². The van der Waals surface area contributed by atoms with Gasteiger partial charge in [-0.2, -0.15) is 0 Å². The number of benzene rings is 11. The third-order valence-corrected chi connectivity index (χ3v) is 11.5. The van der Waals surface area contributed by atoms with Crippen molar-refractivity contribution in [2.24, 2.45) is 0 Å². The minimum atomic E-state index is -0.409. The van der Waals surface area contributed by atoms with Crippen molar-refractivity contribution in [2.75, 3.05) is 0 Å². The number of hydrogen-bond acceptors (Lipinski definition) is 1. The summed E-state index contributed by atoms with van der Waals surface area (Å²) in [6.45, 7) is 0. The normalized spacial score (nSPS) is 13.3. The van der Waals surface area contributed by atoms with Crippen LogP contribution in [-0.4, -0.2) is 0 Å². The fourth-order valence-electron chi connectivity index (χ4n) is 9.19. The summed E-state index contributed by atoms with van der Waals surface area (Å²) < 4.78 is 50.3. The van der Waals surface area contributed by atoms with Crippen LogP contribution in [-0.2, 0) is 0 Å². The fraction of sp³-hybridized carbons (Fsp3) is 0. The average Bonchev–Trinajstić information content (AvgIpc) is 3.67. The molecule has 0 radical (unpaired) electrons. The monoisotopic (exact) mass is 701 g/mol. The maximum Gasteiger partial charge on any atom is 0.135 e.